The predicted octanol–water partition coefficient (Wildman–Crippen LogP) is 1.43. The van der Waals surface area contributed by atoms with Crippen LogP contribution in [0.2, 0.25) is 5.02 Å². The highest BCUT2D eigenvalue weighted by Gasteiger charge is 2.34. The highest BCUT2D eigenvalue weighted by Crippen LogP contribution is 2.32. The molecule has 8 heteroatoms. The van der Waals surface area contributed by atoms with E-state index >= 15 is 0 Å². The molecule has 3 rings (SSSR count). The second-order valence-corrected chi connectivity index (χ2v) is 8.75. The Labute approximate surface area is 147 Å². The summed E-state index contributed by atoms with van der Waals surface area (Å²) in [5.74, 6) is 0.812. The van der Waals surface area contributed by atoms with E-state index in [4.69, 9.17) is 16.3 Å². The number of nitrogens with one attached hydrogen (secondary N) is 1. The lowest BCUT2D eigenvalue weighted by atomic mass is 9.97. The molecule has 1 fully saturated rings. The van der Waals surface area contributed by atoms with Crippen molar-refractivity contribution >= 4 is 27.5 Å². The molecule has 1 aromatic rings. The minimum Gasteiger partial charge on any atom is -0.480 e. The van der Waals surface area contributed by atoms with Gasteiger partial charge in [0.15, 0.2) is 6.10 Å². The Hall–Kier alpha value is -1.31. The van der Waals surface area contributed by atoms with Crippen molar-refractivity contribution in [3.63, 3.8) is 0 Å². The number of ether oxygens (including phenoxy) is 1. The Kier molecular flexibility index (Phi) is 5.03. The summed E-state index contributed by atoms with van der Waals surface area (Å²) in [6, 6.07) is 5.38. The van der Waals surface area contributed by atoms with E-state index < -0.39 is 16.1 Å². The number of nitrogens with zero attached hydrogens (tertiary/aromatic N) is 1. The van der Waals surface area contributed by atoms with E-state index in [0.29, 0.717) is 36.8 Å². The van der Waals surface area contributed by atoms with Crippen molar-refractivity contribution < 1.29 is 17.9 Å². The maximum atomic E-state index is 12.7. The molecule has 2 atom stereocenters. The molecule has 2 unspecified atom stereocenters. The second kappa shape index (κ2) is 6.90. The number of sulfonamides is 1. The Morgan fingerprint density at radius 3 is 3.00 bits per heavy atom. The summed E-state index contributed by atoms with van der Waals surface area (Å²) in [4.78, 5) is 14.5. The van der Waals surface area contributed by atoms with Crippen LogP contribution in [0.25, 0.3) is 0 Å². The second-order valence-electron chi connectivity index (χ2n) is 6.48. The van der Waals surface area contributed by atoms with E-state index in [1.165, 1.54) is 0 Å². The first-order valence-corrected chi connectivity index (χ1v) is 10.3. The standard InChI is InChI=1S/C16H21ClN2O4S/c1-24(21,22)18-9-11-3-2-6-19(10-11)16(20)15-8-12-7-13(17)4-5-14(12)23-15/h4-5,7,11,15,18H,2-3,6,8-10H2,1H3. The highest BCUT2D eigenvalue weighted by atomic mass is 35.5. The van der Waals surface area contributed by atoms with Gasteiger partial charge >= 0.3 is 0 Å². The van der Waals surface area contributed by atoms with Gasteiger partial charge in [0, 0.05) is 31.1 Å². The van der Waals surface area contributed by atoms with Crippen molar-refractivity contribution in [2.75, 3.05) is 25.9 Å². The number of piperidine rings is 1. The third kappa shape index (κ3) is 4.20. The molecule has 2 aliphatic rings. The smallest absolute Gasteiger partial charge is 0.264 e. The minimum absolute atomic E-state index is 0.0358. The number of carbonyl (C=O) groups is 1. The van der Waals surface area contributed by atoms with Crippen LogP contribution in [0, 0.1) is 5.92 Å². The lowest BCUT2D eigenvalue weighted by Gasteiger charge is -2.34. The molecule has 132 valence electrons. The molecule has 0 bridgehead atoms. The highest BCUT2D eigenvalue weighted by molar-refractivity contribution is 7.88. The van der Waals surface area contributed by atoms with Crippen LogP contribution < -0.4 is 9.46 Å². The molecule has 2 aliphatic heterocycles. The molecule has 1 saturated heterocycles. The zero-order valence-electron chi connectivity index (χ0n) is 13.5. The summed E-state index contributed by atoms with van der Waals surface area (Å²) in [5, 5.41) is 0.635. The Balaban J connectivity index is 1.59. The molecular formula is C16H21ClN2O4S. The number of fused-ring (bicyclic) bond motifs is 1. The lowest BCUT2D eigenvalue weighted by Crippen LogP contribution is -2.48. The van der Waals surface area contributed by atoms with Crippen LogP contribution in [0.3, 0.4) is 0 Å². The molecule has 0 radical (unpaired) electrons. The SMILES string of the molecule is CS(=O)(=O)NCC1CCCN(C(=O)C2Cc3cc(Cl)ccc3O2)C1. The number of hydrogen-bond acceptors (Lipinski definition) is 4. The van der Waals surface area contributed by atoms with Crippen LogP contribution in [0.1, 0.15) is 18.4 Å². The zero-order chi connectivity index (χ0) is 17.3. The Morgan fingerprint density at radius 2 is 2.25 bits per heavy atom. The molecular weight excluding hydrogens is 352 g/mol. The average Bonchev–Trinajstić information content (AvgIpc) is 2.95. The Bertz CT molecular complexity index is 738. The van der Waals surface area contributed by atoms with Gasteiger partial charge in [-0.15, -0.1) is 0 Å². The fourth-order valence-corrected chi connectivity index (χ4v) is 3.99. The van der Waals surface area contributed by atoms with Gasteiger partial charge in [-0.1, -0.05) is 11.6 Å². The molecule has 1 aromatic carbocycles. The molecule has 1 N–H and O–H groups in total. The van der Waals surface area contributed by atoms with Crippen LogP contribution >= 0.6 is 11.6 Å². The van der Waals surface area contributed by atoms with Crippen molar-refractivity contribution in [3.8, 4) is 5.75 Å². The van der Waals surface area contributed by atoms with Gasteiger partial charge in [0.05, 0.1) is 6.26 Å². The van der Waals surface area contributed by atoms with E-state index in [0.717, 1.165) is 24.7 Å². The van der Waals surface area contributed by atoms with Gasteiger partial charge in [0.25, 0.3) is 5.91 Å². The lowest BCUT2D eigenvalue weighted by molar-refractivity contribution is -0.139. The summed E-state index contributed by atoms with van der Waals surface area (Å²) in [5.41, 5.74) is 0.952. The van der Waals surface area contributed by atoms with E-state index in [-0.39, 0.29) is 11.8 Å². The van der Waals surface area contributed by atoms with Crippen molar-refractivity contribution in [1.82, 2.24) is 9.62 Å². The number of carbonyl (C=O) groups excluding carboxylic acids is 1. The van der Waals surface area contributed by atoms with Gasteiger partial charge in [-0.05, 0) is 42.5 Å². The van der Waals surface area contributed by atoms with Gasteiger partial charge in [-0.3, -0.25) is 4.79 Å². The molecule has 24 heavy (non-hydrogen) atoms. The quantitative estimate of drug-likeness (QED) is 0.867. The number of rotatable bonds is 4. The first-order chi connectivity index (χ1) is 11.3. The third-order valence-electron chi connectivity index (χ3n) is 4.44. The van der Waals surface area contributed by atoms with Crippen molar-refractivity contribution in [2.24, 2.45) is 5.92 Å². The minimum atomic E-state index is -3.21. The Morgan fingerprint density at radius 1 is 1.46 bits per heavy atom. The summed E-state index contributed by atoms with van der Waals surface area (Å²) in [6.45, 7) is 1.60. The normalized spacial score (nSPS) is 23.7. The summed E-state index contributed by atoms with van der Waals surface area (Å²) in [7, 11) is -3.21. The number of benzene rings is 1. The number of hydrogen-bond donors (Lipinski definition) is 1. The molecule has 6 nitrogen and oxygen atoms in total. The van der Waals surface area contributed by atoms with Gasteiger partial charge in [-0.25, -0.2) is 13.1 Å². The van der Waals surface area contributed by atoms with E-state index in [1.54, 1.807) is 17.0 Å². The van der Waals surface area contributed by atoms with Crippen LogP contribution in [0.4, 0.5) is 0 Å². The predicted molar refractivity (Wildman–Crippen MR) is 91.7 cm³/mol. The summed E-state index contributed by atoms with van der Waals surface area (Å²) in [6.07, 6.45) is 2.94. The van der Waals surface area contributed by atoms with Crippen molar-refractivity contribution in [3.05, 3.63) is 28.8 Å². The number of amides is 1. The molecule has 0 saturated carbocycles. The first kappa shape index (κ1) is 17.5. The summed E-state index contributed by atoms with van der Waals surface area (Å²) < 4.78 is 30.8. The van der Waals surface area contributed by atoms with Gasteiger partial charge < -0.3 is 9.64 Å². The molecule has 2 heterocycles. The van der Waals surface area contributed by atoms with E-state index in [2.05, 4.69) is 4.72 Å². The maximum Gasteiger partial charge on any atom is 0.264 e. The topological polar surface area (TPSA) is 75.7 Å². The van der Waals surface area contributed by atoms with E-state index in [1.807, 2.05) is 6.07 Å². The van der Waals surface area contributed by atoms with Crippen LogP contribution in [-0.2, 0) is 21.2 Å². The van der Waals surface area contributed by atoms with Crippen molar-refractivity contribution in [2.45, 2.75) is 25.4 Å². The van der Waals surface area contributed by atoms with Crippen LogP contribution in [0.5, 0.6) is 5.75 Å². The van der Waals surface area contributed by atoms with Crippen molar-refractivity contribution in [1.29, 1.82) is 0 Å². The molecule has 0 spiro atoms. The van der Waals surface area contributed by atoms with Crippen LogP contribution in [0.15, 0.2) is 18.2 Å². The maximum absolute atomic E-state index is 12.7. The summed E-state index contributed by atoms with van der Waals surface area (Å²) >= 11 is 5.98. The van der Waals surface area contributed by atoms with Gasteiger partial charge in [0.1, 0.15) is 5.75 Å². The van der Waals surface area contributed by atoms with E-state index in [9.17, 15) is 13.2 Å². The van der Waals surface area contributed by atoms with Gasteiger partial charge in [-0.2, -0.15) is 0 Å². The van der Waals surface area contributed by atoms with Gasteiger partial charge in [0.2, 0.25) is 10.0 Å². The zero-order valence-corrected chi connectivity index (χ0v) is 15.1. The molecule has 1 amide bonds. The monoisotopic (exact) mass is 372 g/mol. The molecule has 0 aliphatic carbocycles. The molecule has 0 aromatic heterocycles. The third-order valence-corrected chi connectivity index (χ3v) is 5.36. The van der Waals surface area contributed by atoms with Crippen LogP contribution in [-0.4, -0.2) is 51.2 Å². The fourth-order valence-electron chi connectivity index (χ4n) is 3.26. The largest absolute Gasteiger partial charge is 0.480 e. The fraction of sp³-hybridized carbons (Fsp3) is 0.562. The average molecular weight is 373 g/mol. The number of halogens is 1. The number of likely N-dealkylation sites (tertiary alicyclic amines) is 1. The first-order valence-electron chi connectivity index (χ1n) is 8.00.